The van der Waals surface area contributed by atoms with Gasteiger partial charge in [-0.05, 0) is 63.1 Å². The third-order valence-corrected chi connectivity index (χ3v) is 4.96. The first kappa shape index (κ1) is 22.5. The normalized spacial score (nSPS) is 11.0. The largest absolute Gasteiger partial charge is 0.490 e. The Bertz CT molecular complexity index is 939. The number of hydrogen-bond donors (Lipinski definition) is 2. The summed E-state index contributed by atoms with van der Waals surface area (Å²) in [6.45, 7) is 7.87. The fourth-order valence-corrected chi connectivity index (χ4v) is 3.46. The summed E-state index contributed by atoms with van der Waals surface area (Å²) in [4.78, 5) is 13.9. The molecule has 1 amide bonds. The first-order valence-electron chi connectivity index (χ1n) is 9.16. The van der Waals surface area contributed by atoms with Crippen LogP contribution >= 0.6 is 0 Å². The minimum atomic E-state index is -4.00. The van der Waals surface area contributed by atoms with Gasteiger partial charge in [-0.2, -0.15) is 0 Å². The van der Waals surface area contributed by atoms with Gasteiger partial charge in [0.15, 0.2) is 18.1 Å². The van der Waals surface area contributed by atoms with E-state index < -0.39 is 15.9 Å². The van der Waals surface area contributed by atoms with Crippen molar-refractivity contribution < 1.29 is 27.4 Å². The number of amides is 1. The Morgan fingerprint density at radius 3 is 2.14 bits per heavy atom. The van der Waals surface area contributed by atoms with Gasteiger partial charge in [-0.1, -0.05) is 6.07 Å². The van der Waals surface area contributed by atoms with Gasteiger partial charge in [-0.15, -0.1) is 4.83 Å². The van der Waals surface area contributed by atoms with Crippen LogP contribution in [0.2, 0.25) is 0 Å². The number of hydrazine groups is 1. The molecular weight excluding hydrogens is 396 g/mol. The third kappa shape index (κ3) is 6.65. The summed E-state index contributed by atoms with van der Waals surface area (Å²) in [5.74, 6) is 0.651. The van der Waals surface area contributed by atoms with E-state index in [1.54, 1.807) is 19.1 Å². The van der Waals surface area contributed by atoms with E-state index in [4.69, 9.17) is 14.2 Å². The van der Waals surface area contributed by atoms with Gasteiger partial charge in [-0.3, -0.25) is 10.2 Å². The Kier molecular flexibility index (Phi) is 7.86. The number of aryl methyl sites for hydroxylation is 2. The fraction of sp³-hybridized carbons (Fsp3) is 0.350. The molecule has 2 rings (SSSR count). The highest BCUT2D eigenvalue weighted by Gasteiger charge is 2.18. The number of ether oxygens (including phenoxy) is 3. The molecule has 2 aromatic carbocycles. The summed E-state index contributed by atoms with van der Waals surface area (Å²) in [7, 11) is -4.00. The van der Waals surface area contributed by atoms with Gasteiger partial charge in [-0.25, -0.2) is 8.42 Å². The van der Waals surface area contributed by atoms with Crippen molar-refractivity contribution in [2.75, 3.05) is 19.8 Å². The smallest absolute Gasteiger partial charge is 0.272 e. The maximum absolute atomic E-state index is 12.5. The summed E-state index contributed by atoms with van der Waals surface area (Å²) in [6.07, 6.45) is 0. The van der Waals surface area contributed by atoms with Crippen molar-refractivity contribution >= 4 is 15.9 Å². The SMILES string of the molecule is CCOc1ccc(S(=O)(=O)NNC(=O)COc2cc(C)cc(C)c2)cc1OCC. The zero-order valence-corrected chi connectivity index (χ0v) is 17.8. The van der Waals surface area contributed by atoms with E-state index in [2.05, 4.69) is 10.3 Å². The Hall–Kier alpha value is -2.78. The number of carbonyl (C=O) groups is 1. The van der Waals surface area contributed by atoms with Gasteiger partial charge in [0, 0.05) is 6.07 Å². The highest BCUT2D eigenvalue weighted by atomic mass is 32.2. The minimum Gasteiger partial charge on any atom is -0.490 e. The first-order chi connectivity index (χ1) is 13.7. The molecule has 29 heavy (non-hydrogen) atoms. The fourth-order valence-electron chi connectivity index (χ4n) is 2.58. The standard InChI is InChI=1S/C20H26N2O6S/c1-5-26-18-8-7-17(12-19(18)27-6-2)29(24,25)22-21-20(23)13-28-16-10-14(3)9-15(4)11-16/h7-12,22H,5-6,13H2,1-4H3,(H,21,23). The van der Waals surface area contributed by atoms with Gasteiger partial charge in [0.05, 0.1) is 18.1 Å². The van der Waals surface area contributed by atoms with Crippen molar-refractivity contribution in [1.29, 1.82) is 0 Å². The number of carbonyl (C=O) groups excluding carboxylic acids is 1. The van der Waals surface area contributed by atoms with Crippen molar-refractivity contribution in [3.63, 3.8) is 0 Å². The number of rotatable bonds is 10. The van der Waals surface area contributed by atoms with E-state index >= 15 is 0 Å². The molecule has 2 N–H and O–H groups in total. The van der Waals surface area contributed by atoms with E-state index in [-0.39, 0.29) is 11.5 Å². The Morgan fingerprint density at radius 1 is 0.897 bits per heavy atom. The second-order valence-corrected chi connectivity index (χ2v) is 7.92. The minimum absolute atomic E-state index is 0.0695. The van der Waals surface area contributed by atoms with Crippen LogP contribution in [0.5, 0.6) is 17.2 Å². The van der Waals surface area contributed by atoms with Crippen LogP contribution in [0.3, 0.4) is 0 Å². The monoisotopic (exact) mass is 422 g/mol. The van der Waals surface area contributed by atoms with Gasteiger partial charge in [0.2, 0.25) is 0 Å². The van der Waals surface area contributed by atoms with Crippen molar-refractivity contribution in [1.82, 2.24) is 10.3 Å². The van der Waals surface area contributed by atoms with E-state index in [1.807, 2.05) is 26.8 Å². The predicted octanol–water partition coefficient (Wildman–Crippen LogP) is 2.49. The quantitative estimate of drug-likeness (QED) is 0.570. The Labute approximate surface area is 171 Å². The number of benzene rings is 2. The molecule has 0 aliphatic heterocycles. The molecule has 2 aromatic rings. The maximum atomic E-state index is 12.5. The van der Waals surface area contributed by atoms with Gasteiger partial charge in [0.25, 0.3) is 15.9 Å². The second kappa shape index (κ2) is 10.1. The van der Waals surface area contributed by atoms with Crippen LogP contribution in [0.25, 0.3) is 0 Å². The third-order valence-electron chi connectivity index (χ3n) is 3.72. The second-order valence-electron chi connectivity index (χ2n) is 6.24. The molecule has 0 aromatic heterocycles. The van der Waals surface area contributed by atoms with Crippen LogP contribution < -0.4 is 24.5 Å². The number of hydrogen-bond acceptors (Lipinski definition) is 6. The summed E-state index contributed by atoms with van der Waals surface area (Å²) < 4.78 is 41.2. The van der Waals surface area contributed by atoms with Crippen LogP contribution in [-0.2, 0) is 14.8 Å². The molecule has 0 spiro atoms. The number of sulfonamides is 1. The summed E-state index contributed by atoms with van der Waals surface area (Å²) in [5, 5.41) is 0. The molecule has 0 bridgehead atoms. The average molecular weight is 423 g/mol. The van der Waals surface area contributed by atoms with Crippen molar-refractivity contribution in [3.05, 3.63) is 47.5 Å². The van der Waals surface area contributed by atoms with Gasteiger partial charge in [0.1, 0.15) is 5.75 Å². The molecule has 0 aliphatic rings. The van der Waals surface area contributed by atoms with Crippen molar-refractivity contribution in [2.45, 2.75) is 32.6 Å². The van der Waals surface area contributed by atoms with Crippen molar-refractivity contribution in [2.24, 2.45) is 0 Å². The summed E-state index contributed by atoms with van der Waals surface area (Å²) in [6, 6.07) is 9.78. The lowest BCUT2D eigenvalue weighted by atomic mass is 10.1. The first-order valence-corrected chi connectivity index (χ1v) is 10.6. The van der Waals surface area contributed by atoms with Crippen molar-refractivity contribution in [3.8, 4) is 17.2 Å². The Morgan fingerprint density at radius 2 is 1.52 bits per heavy atom. The van der Waals surface area contributed by atoms with Crippen LogP contribution in [0.15, 0.2) is 41.3 Å². The molecule has 0 saturated heterocycles. The van der Waals surface area contributed by atoms with Crippen LogP contribution in [0, 0.1) is 13.8 Å². The summed E-state index contributed by atoms with van der Waals surface area (Å²) >= 11 is 0. The lowest BCUT2D eigenvalue weighted by molar-refractivity contribution is -0.123. The molecule has 0 radical (unpaired) electrons. The van der Waals surface area contributed by atoms with Gasteiger partial charge < -0.3 is 14.2 Å². The van der Waals surface area contributed by atoms with E-state index in [0.29, 0.717) is 30.5 Å². The lowest BCUT2D eigenvalue weighted by Gasteiger charge is -2.13. The molecule has 158 valence electrons. The van der Waals surface area contributed by atoms with Crippen LogP contribution in [0.4, 0.5) is 0 Å². The molecule has 0 unspecified atom stereocenters. The molecule has 0 saturated carbocycles. The zero-order valence-electron chi connectivity index (χ0n) is 16.9. The number of nitrogens with one attached hydrogen (secondary N) is 2. The predicted molar refractivity (Wildman–Crippen MR) is 109 cm³/mol. The zero-order chi connectivity index (χ0) is 21.4. The van der Waals surface area contributed by atoms with Crippen LogP contribution in [0.1, 0.15) is 25.0 Å². The van der Waals surface area contributed by atoms with E-state index in [0.717, 1.165) is 11.1 Å². The van der Waals surface area contributed by atoms with E-state index in [1.165, 1.54) is 18.2 Å². The molecule has 0 aliphatic carbocycles. The average Bonchev–Trinajstić information content (AvgIpc) is 2.66. The molecular formula is C20H26N2O6S. The van der Waals surface area contributed by atoms with E-state index in [9.17, 15) is 13.2 Å². The van der Waals surface area contributed by atoms with Gasteiger partial charge >= 0.3 is 0 Å². The molecule has 9 heteroatoms. The lowest BCUT2D eigenvalue weighted by Crippen LogP contribution is -2.43. The maximum Gasteiger partial charge on any atom is 0.272 e. The topological polar surface area (TPSA) is 103 Å². The molecule has 0 fully saturated rings. The Balaban J connectivity index is 1.99. The highest BCUT2D eigenvalue weighted by molar-refractivity contribution is 7.89. The van der Waals surface area contributed by atoms with Crippen LogP contribution in [-0.4, -0.2) is 34.1 Å². The molecule has 0 heterocycles. The summed E-state index contributed by atoms with van der Waals surface area (Å²) in [5.41, 5.74) is 4.14. The molecule has 0 atom stereocenters. The molecule has 8 nitrogen and oxygen atoms in total. The highest BCUT2D eigenvalue weighted by Crippen LogP contribution is 2.30.